The molecule has 4 rings (SSSR count). The predicted octanol–water partition coefficient (Wildman–Crippen LogP) is 5.94. The summed E-state index contributed by atoms with van der Waals surface area (Å²) in [5.41, 5.74) is 3.85. The molecule has 0 radical (unpaired) electrons. The first-order chi connectivity index (χ1) is 12.7. The highest BCUT2D eigenvalue weighted by Gasteiger charge is 2.35. The van der Waals surface area contributed by atoms with Crippen molar-refractivity contribution in [2.24, 2.45) is 0 Å². The molecule has 0 atom stereocenters. The largest absolute Gasteiger partial charge is 0.305 e. The number of rotatable bonds is 3. The Labute approximate surface area is 159 Å². The second-order valence-electron chi connectivity index (χ2n) is 7.01. The van der Waals surface area contributed by atoms with Gasteiger partial charge in [-0.25, -0.2) is 0 Å². The maximum absolute atomic E-state index is 13.2. The van der Waals surface area contributed by atoms with Crippen molar-refractivity contribution in [2.75, 3.05) is 0 Å². The van der Waals surface area contributed by atoms with Crippen LogP contribution < -0.4 is 0 Å². The molecule has 26 heavy (non-hydrogen) atoms. The van der Waals surface area contributed by atoms with Gasteiger partial charge in [0.2, 0.25) is 0 Å². The van der Waals surface area contributed by atoms with Gasteiger partial charge in [0.1, 0.15) is 0 Å². The fourth-order valence-corrected chi connectivity index (χ4v) is 4.03. The van der Waals surface area contributed by atoms with E-state index in [0.717, 1.165) is 35.2 Å². The predicted molar refractivity (Wildman–Crippen MR) is 108 cm³/mol. The van der Waals surface area contributed by atoms with Crippen LogP contribution in [0.15, 0.2) is 66.2 Å². The van der Waals surface area contributed by atoms with E-state index in [2.05, 4.69) is 0 Å². The number of hydrogen-bond acceptors (Lipinski definition) is 1. The fraction of sp³-hybridized carbons (Fsp3) is 0.261. The summed E-state index contributed by atoms with van der Waals surface area (Å²) < 4.78 is 0. The van der Waals surface area contributed by atoms with Crippen LogP contribution in [0.4, 0.5) is 0 Å². The molecule has 0 N–H and O–H groups in total. The van der Waals surface area contributed by atoms with E-state index in [9.17, 15) is 4.79 Å². The van der Waals surface area contributed by atoms with Gasteiger partial charge in [0, 0.05) is 16.6 Å². The molecule has 0 spiro atoms. The molecule has 1 fully saturated rings. The maximum atomic E-state index is 13.2. The quantitative estimate of drug-likeness (QED) is 0.618. The molecule has 1 aliphatic heterocycles. The summed E-state index contributed by atoms with van der Waals surface area (Å²) in [7, 11) is 0. The van der Waals surface area contributed by atoms with Crippen molar-refractivity contribution in [1.29, 1.82) is 0 Å². The summed E-state index contributed by atoms with van der Waals surface area (Å²) in [6.07, 6.45) is 9.84. The normalized spacial score (nSPS) is 19.9. The van der Waals surface area contributed by atoms with Gasteiger partial charge in [-0.05, 0) is 48.3 Å². The Morgan fingerprint density at radius 1 is 0.923 bits per heavy atom. The molecule has 1 amide bonds. The van der Waals surface area contributed by atoms with E-state index in [-0.39, 0.29) is 5.91 Å². The van der Waals surface area contributed by atoms with E-state index in [0.29, 0.717) is 11.1 Å². The van der Waals surface area contributed by atoms with E-state index < -0.39 is 0 Å². The zero-order valence-electron chi connectivity index (χ0n) is 14.7. The van der Waals surface area contributed by atoms with Crippen LogP contribution in [-0.2, 0) is 4.79 Å². The van der Waals surface area contributed by atoms with Crippen molar-refractivity contribution < 1.29 is 4.79 Å². The topological polar surface area (TPSA) is 20.3 Å². The van der Waals surface area contributed by atoms with Crippen LogP contribution in [0.5, 0.6) is 0 Å². The molecule has 3 heteroatoms. The maximum Gasteiger partial charge on any atom is 0.258 e. The van der Waals surface area contributed by atoms with Crippen LogP contribution >= 0.6 is 11.6 Å². The second kappa shape index (κ2) is 7.51. The Morgan fingerprint density at radius 3 is 2.31 bits per heavy atom. The van der Waals surface area contributed by atoms with Crippen LogP contribution in [0, 0.1) is 0 Å². The molecule has 0 unspecified atom stereocenters. The van der Waals surface area contributed by atoms with Gasteiger partial charge in [-0.15, -0.1) is 0 Å². The molecule has 2 aromatic rings. The number of carbonyl (C=O) groups is 1. The zero-order valence-corrected chi connectivity index (χ0v) is 15.5. The second-order valence-corrected chi connectivity index (χ2v) is 7.45. The SMILES string of the molecule is O=C1/C(=C/c2ccccc2)C=C(c2ccc(Cl)cc2)N1C1CCCCC1. The third-order valence-electron chi connectivity index (χ3n) is 5.22. The van der Waals surface area contributed by atoms with Crippen LogP contribution in [-0.4, -0.2) is 16.8 Å². The lowest BCUT2D eigenvalue weighted by Crippen LogP contribution is -2.37. The Kier molecular flexibility index (Phi) is 4.94. The number of nitrogens with zero attached hydrogens (tertiary/aromatic N) is 1. The van der Waals surface area contributed by atoms with Gasteiger partial charge in [-0.1, -0.05) is 73.3 Å². The minimum atomic E-state index is 0.116. The van der Waals surface area contributed by atoms with Crippen molar-refractivity contribution in [3.05, 3.63) is 82.4 Å². The Balaban J connectivity index is 1.74. The van der Waals surface area contributed by atoms with Crippen LogP contribution in [0.1, 0.15) is 43.2 Å². The van der Waals surface area contributed by atoms with Gasteiger partial charge < -0.3 is 4.90 Å². The summed E-state index contributed by atoms with van der Waals surface area (Å²) in [4.78, 5) is 15.3. The Hall–Kier alpha value is -2.32. The van der Waals surface area contributed by atoms with Crippen molar-refractivity contribution in [2.45, 2.75) is 38.1 Å². The third kappa shape index (κ3) is 3.47. The lowest BCUT2D eigenvalue weighted by atomic mass is 9.93. The molecular weight excluding hydrogens is 342 g/mol. The smallest absolute Gasteiger partial charge is 0.258 e. The average molecular weight is 364 g/mol. The molecule has 2 aromatic carbocycles. The van der Waals surface area contributed by atoms with E-state index in [1.807, 2.05) is 71.6 Å². The van der Waals surface area contributed by atoms with Gasteiger partial charge in [0.05, 0.1) is 5.70 Å². The summed E-state index contributed by atoms with van der Waals surface area (Å²) >= 11 is 6.06. The van der Waals surface area contributed by atoms with Crippen molar-refractivity contribution in [1.82, 2.24) is 4.90 Å². The molecule has 0 saturated heterocycles. The van der Waals surface area contributed by atoms with Crippen LogP contribution in [0.3, 0.4) is 0 Å². The van der Waals surface area contributed by atoms with Crippen LogP contribution in [0.25, 0.3) is 11.8 Å². The first-order valence-corrected chi connectivity index (χ1v) is 9.68. The third-order valence-corrected chi connectivity index (χ3v) is 5.47. The first kappa shape index (κ1) is 17.1. The highest BCUT2D eigenvalue weighted by Crippen LogP contribution is 2.37. The molecule has 1 heterocycles. The van der Waals surface area contributed by atoms with Gasteiger partial charge in [-0.3, -0.25) is 4.79 Å². The Bertz CT molecular complexity index is 846. The summed E-state index contributed by atoms with van der Waals surface area (Å²) in [6, 6.07) is 18.1. The van der Waals surface area contributed by atoms with Crippen LogP contribution in [0.2, 0.25) is 5.02 Å². The first-order valence-electron chi connectivity index (χ1n) is 9.30. The molecule has 2 aliphatic rings. The van der Waals surface area contributed by atoms with E-state index in [1.165, 1.54) is 19.3 Å². The minimum Gasteiger partial charge on any atom is -0.305 e. The lowest BCUT2D eigenvalue weighted by molar-refractivity contribution is -0.125. The monoisotopic (exact) mass is 363 g/mol. The van der Waals surface area contributed by atoms with Crippen molar-refractivity contribution >= 4 is 29.3 Å². The molecule has 1 saturated carbocycles. The molecule has 1 aliphatic carbocycles. The highest BCUT2D eigenvalue weighted by molar-refractivity contribution is 6.30. The van der Waals surface area contributed by atoms with Gasteiger partial charge >= 0.3 is 0 Å². The molecule has 0 bridgehead atoms. The van der Waals surface area contributed by atoms with Crippen molar-refractivity contribution in [3.63, 3.8) is 0 Å². The number of carbonyl (C=O) groups excluding carboxylic acids is 1. The Morgan fingerprint density at radius 2 is 1.62 bits per heavy atom. The lowest BCUT2D eigenvalue weighted by Gasteiger charge is -2.33. The summed E-state index contributed by atoms with van der Waals surface area (Å²) in [6.45, 7) is 0. The number of benzene rings is 2. The standard InChI is InChI=1S/C23H22ClNO/c24-20-13-11-18(12-14-20)22-16-19(15-17-7-3-1-4-8-17)23(26)25(22)21-9-5-2-6-10-21/h1,3-4,7-8,11-16,21H,2,5-6,9-10H2/b19-15+. The van der Waals surface area contributed by atoms with Crippen molar-refractivity contribution in [3.8, 4) is 0 Å². The van der Waals surface area contributed by atoms with E-state index >= 15 is 0 Å². The van der Waals surface area contributed by atoms with Gasteiger partial charge in [-0.2, -0.15) is 0 Å². The fourth-order valence-electron chi connectivity index (χ4n) is 3.90. The molecule has 132 valence electrons. The average Bonchev–Trinajstić information content (AvgIpc) is 3.00. The number of hydrogen-bond donors (Lipinski definition) is 0. The number of halogens is 1. The summed E-state index contributed by atoms with van der Waals surface area (Å²) in [5.74, 6) is 0.116. The molecule has 2 nitrogen and oxygen atoms in total. The number of amides is 1. The van der Waals surface area contributed by atoms with Gasteiger partial charge in [0.25, 0.3) is 5.91 Å². The summed E-state index contributed by atoms with van der Waals surface area (Å²) in [5, 5.41) is 0.711. The van der Waals surface area contributed by atoms with E-state index in [1.54, 1.807) is 0 Å². The highest BCUT2D eigenvalue weighted by atomic mass is 35.5. The minimum absolute atomic E-state index is 0.116. The molecule has 0 aromatic heterocycles. The molecular formula is C23H22ClNO. The zero-order chi connectivity index (χ0) is 17.9. The van der Waals surface area contributed by atoms with Gasteiger partial charge in [0.15, 0.2) is 0 Å². The van der Waals surface area contributed by atoms with E-state index in [4.69, 9.17) is 11.6 Å².